The van der Waals surface area contributed by atoms with Crippen LogP contribution in [0.4, 0.5) is 14.5 Å². The fraction of sp³-hybridized carbons (Fsp3) is 0.259. The molecule has 2 fully saturated rings. The molecule has 1 saturated heterocycles. The number of nitrogens with one attached hydrogen (secondary N) is 2. The quantitative estimate of drug-likeness (QED) is 0.278. The molecule has 0 unspecified atom stereocenters. The molecule has 0 bridgehead atoms. The second kappa shape index (κ2) is 9.45. The van der Waals surface area contributed by atoms with Crippen molar-refractivity contribution >= 4 is 38.6 Å². The number of ketones is 1. The Balaban J connectivity index is 1.33. The van der Waals surface area contributed by atoms with E-state index in [2.05, 4.69) is 19.7 Å². The van der Waals surface area contributed by atoms with Crippen LogP contribution in [-0.2, 0) is 20.4 Å². The molecular weight excluding hydrogens is 542 g/mol. The molecule has 40 heavy (non-hydrogen) atoms. The van der Waals surface area contributed by atoms with E-state index < -0.39 is 50.2 Å². The van der Waals surface area contributed by atoms with Gasteiger partial charge in [-0.25, -0.2) is 13.8 Å². The van der Waals surface area contributed by atoms with Gasteiger partial charge in [0.25, 0.3) is 0 Å². The van der Waals surface area contributed by atoms with E-state index in [1.165, 1.54) is 10.5 Å². The molecule has 4 aromatic rings. The van der Waals surface area contributed by atoms with E-state index in [4.69, 9.17) is 5.73 Å². The van der Waals surface area contributed by atoms with Gasteiger partial charge in [-0.2, -0.15) is 12.7 Å². The summed E-state index contributed by atoms with van der Waals surface area (Å²) in [6.45, 7) is 0.581. The number of nitrogens with zero attached hydrogens (tertiary/aromatic N) is 3. The van der Waals surface area contributed by atoms with Crippen molar-refractivity contribution in [3.8, 4) is 11.1 Å². The Bertz CT molecular complexity index is 1780. The highest BCUT2D eigenvalue weighted by Crippen LogP contribution is 2.47. The van der Waals surface area contributed by atoms with E-state index >= 15 is 4.39 Å². The Morgan fingerprint density at radius 3 is 2.40 bits per heavy atom. The van der Waals surface area contributed by atoms with E-state index in [-0.39, 0.29) is 5.56 Å². The Kier molecular flexibility index (Phi) is 6.15. The van der Waals surface area contributed by atoms with Gasteiger partial charge >= 0.3 is 10.2 Å². The second-order valence-corrected chi connectivity index (χ2v) is 11.7. The summed E-state index contributed by atoms with van der Waals surface area (Å²) in [4.78, 5) is 36.8. The van der Waals surface area contributed by atoms with Crippen molar-refractivity contribution in [1.29, 1.82) is 0 Å². The van der Waals surface area contributed by atoms with Crippen molar-refractivity contribution in [3.63, 3.8) is 0 Å². The Morgan fingerprint density at radius 2 is 1.75 bits per heavy atom. The maximum absolute atomic E-state index is 15.5. The van der Waals surface area contributed by atoms with Crippen molar-refractivity contribution in [3.05, 3.63) is 77.4 Å². The highest BCUT2D eigenvalue weighted by Gasteiger charge is 2.51. The normalized spacial score (nSPS) is 16.8. The summed E-state index contributed by atoms with van der Waals surface area (Å²) in [6.07, 6.45) is 7.08. The Labute approximate surface area is 227 Å². The molecule has 4 N–H and O–H groups in total. The molecule has 0 spiro atoms. The number of primary amides is 1. The number of H-pyrrole nitrogens is 1. The number of rotatable bonds is 8. The molecule has 10 nitrogen and oxygen atoms in total. The lowest BCUT2D eigenvalue weighted by molar-refractivity contribution is -0.120. The number of carbonyl (C=O) groups is 2. The zero-order valence-electron chi connectivity index (χ0n) is 21.1. The lowest BCUT2D eigenvalue weighted by Crippen LogP contribution is -2.33. The zero-order valence-corrected chi connectivity index (χ0v) is 21.9. The van der Waals surface area contributed by atoms with Crippen molar-refractivity contribution in [2.24, 2.45) is 5.73 Å². The molecule has 0 atom stereocenters. The molecule has 1 aliphatic carbocycles. The first-order valence-electron chi connectivity index (χ1n) is 12.7. The SMILES string of the molecule is NC(=O)C1(c2ccc(-c3cnc4[nH]cc(C(=O)c5c(F)ccc(NS(=O)(=O)N6CCCC6)c5F)c4c3)cn2)CC1. The largest absolute Gasteiger partial charge is 0.369 e. The minimum Gasteiger partial charge on any atom is -0.369 e. The zero-order chi connectivity index (χ0) is 28.2. The minimum absolute atomic E-state index is 0.0445. The van der Waals surface area contributed by atoms with Crippen LogP contribution < -0.4 is 10.5 Å². The molecular formula is C27H24F2N6O4S. The van der Waals surface area contributed by atoms with Crippen LogP contribution in [-0.4, -0.2) is 52.5 Å². The third kappa shape index (κ3) is 4.31. The molecule has 1 aromatic carbocycles. The molecule has 6 rings (SSSR count). The van der Waals surface area contributed by atoms with Gasteiger partial charge < -0.3 is 10.7 Å². The van der Waals surface area contributed by atoms with Gasteiger partial charge in [-0.05, 0) is 49.9 Å². The summed E-state index contributed by atoms with van der Waals surface area (Å²) in [6, 6.07) is 6.92. The number of anilines is 1. The number of amides is 1. The first kappa shape index (κ1) is 26.0. The maximum atomic E-state index is 15.5. The van der Waals surface area contributed by atoms with Gasteiger partial charge in [0.1, 0.15) is 11.5 Å². The smallest absolute Gasteiger partial charge is 0.301 e. The number of hydrogen-bond donors (Lipinski definition) is 3. The number of hydrogen-bond acceptors (Lipinski definition) is 6. The molecule has 4 heterocycles. The molecule has 13 heteroatoms. The van der Waals surface area contributed by atoms with Gasteiger partial charge in [0.15, 0.2) is 5.82 Å². The van der Waals surface area contributed by atoms with Crippen molar-refractivity contribution in [1.82, 2.24) is 19.3 Å². The number of benzene rings is 1. The summed E-state index contributed by atoms with van der Waals surface area (Å²) in [5, 5.41) is 0.309. The van der Waals surface area contributed by atoms with E-state index in [1.807, 2.05) is 0 Å². The Hall–Kier alpha value is -4.23. The predicted octanol–water partition coefficient (Wildman–Crippen LogP) is 3.40. The standard InChI is InChI=1S/C27H24F2N6O4S/c28-19-4-5-20(34-40(38,39)35-9-1-2-10-35)23(29)22(19)24(36)18-14-33-25-17(18)11-16(13-32-25)15-3-6-21(31-12-15)27(7-8-27)26(30)37/h3-6,11-14,34H,1-2,7-10H2,(H2,30,37)(H,32,33). The van der Waals surface area contributed by atoms with Gasteiger partial charge in [0.05, 0.1) is 22.4 Å². The van der Waals surface area contributed by atoms with Gasteiger partial charge in [-0.15, -0.1) is 0 Å². The highest BCUT2D eigenvalue weighted by atomic mass is 32.2. The number of pyridine rings is 2. The average Bonchev–Trinajstić information content (AvgIpc) is 3.35. The molecule has 1 saturated carbocycles. The van der Waals surface area contributed by atoms with Crippen LogP contribution in [0.15, 0.2) is 48.9 Å². The van der Waals surface area contributed by atoms with Crippen molar-refractivity contribution in [2.45, 2.75) is 31.1 Å². The number of carbonyl (C=O) groups excluding carboxylic acids is 2. The number of nitrogens with two attached hydrogens (primary N) is 1. The Morgan fingerprint density at radius 1 is 1.02 bits per heavy atom. The maximum Gasteiger partial charge on any atom is 0.301 e. The predicted molar refractivity (Wildman–Crippen MR) is 143 cm³/mol. The van der Waals surface area contributed by atoms with Crippen molar-refractivity contribution in [2.75, 3.05) is 17.8 Å². The molecule has 2 aliphatic rings. The van der Waals surface area contributed by atoms with E-state index in [1.54, 1.807) is 30.6 Å². The van der Waals surface area contributed by atoms with Crippen LogP contribution in [0.3, 0.4) is 0 Å². The van der Waals surface area contributed by atoms with E-state index in [0.717, 1.165) is 12.1 Å². The molecule has 0 radical (unpaired) electrons. The summed E-state index contributed by atoms with van der Waals surface area (Å²) in [7, 11) is -4.07. The molecule has 1 aliphatic heterocycles. The second-order valence-electron chi connectivity index (χ2n) is 10.0. The van der Waals surface area contributed by atoms with Crippen LogP contribution in [0.2, 0.25) is 0 Å². The number of halogens is 2. The lowest BCUT2D eigenvalue weighted by atomic mass is 9.98. The van der Waals surface area contributed by atoms with Crippen LogP contribution >= 0.6 is 0 Å². The van der Waals surface area contributed by atoms with Gasteiger partial charge in [0, 0.05) is 53.8 Å². The number of fused-ring (bicyclic) bond motifs is 1. The molecule has 206 valence electrons. The molecule has 3 aromatic heterocycles. The van der Waals surface area contributed by atoms with Crippen molar-refractivity contribution < 1.29 is 26.8 Å². The third-order valence-corrected chi connectivity index (χ3v) is 9.07. The summed E-state index contributed by atoms with van der Waals surface area (Å²) in [5.74, 6) is -3.84. The molecule has 1 amide bonds. The first-order valence-corrected chi connectivity index (χ1v) is 14.1. The lowest BCUT2D eigenvalue weighted by Gasteiger charge is -2.18. The van der Waals surface area contributed by atoms with Crippen LogP contribution in [0.5, 0.6) is 0 Å². The van der Waals surface area contributed by atoms with E-state index in [9.17, 15) is 22.4 Å². The fourth-order valence-corrected chi connectivity index (χ4v) is 6.36. The fourth-order valence-electron chi connectivity index (χ4n) is 5.06. The number of aromatic nitrogens is 3. The van der Waals surface area contributed by atoms with Crippen LogP contribution in [0.1, 0.15) is 47.3 Å². The van der Waals surface area contributed by atoms with E-state index in [0.29, 0.717) is 66.6 Å². The summed E-state index contributed by atoms with van der Waals surface area (Å²) >= 11 is 0. The topological polar surface area (TPSA) is 151 Å². The summed E-state index contributed by atoms with van der Waals surface area (Å²) < 4.78 is 58.9. The number of aromatic amines is 1. The minimum atomic E-state index is -4.07. The highest BCUT2D eigenvalue weighted by molar-refractivity contribution is 7.90. The van der Waals surface area contributed by atoms with Crippen LogP contribution in [0.25, 0.3) is 22.2 Å². The van der Waals surface area contributed by atoms with Gasteiger partial charge in [-0.1, -0.05) is 6.07 Å². The third-order valence-electron chi connectivity index (χ3n) is 7.55. The summed E-state index contributed by atoms with van der Waals surface area (Å²) in [5.41, 5.74) is 5.47. The van der Waals surface area contributed by atoms with Gasteiger partial charge in [0.2, 0.25) is 11.7 Å². The van der Waals surface area contributed by atoms with Gasteiger partial charge in [-0.3, -0.25) is 19.3 Å². The monoisotopic (exact) mass is 566 g/mol. The van der Waals surface area contributed by atoms with Crippen LogP contribution in [0, 0.1) is 11.6 Å². The average molecular weight is 567 g/mol. The first-order chi connectivity index (χ1) is 19.1.